The second-order valence-electron chi connectivity index (χ2n) is 5.27. The summed E-state index contributed by atoms with van der Waals surface area (Å²) in [6.45, 7) is 6.49. The second kappa shape index (κ2) is 9.90. The average molecular weight is 241 g/mol. The topological polar surface area (TPSA) is 21.3 Å². The van der Waals surface area contributed by atoms with Gasteiger partial charge in [-0.2, -0.15) is 0 Å². The van der Waals surface area contributed by atoms with E-state index in [1.165, 1.54) is 57.8 Å². The Kier molecular flexibility index (Phi) is 8.72. The van der Waals surface area contributed by atoms with Crippen LogP contribution in [0.15, 0.2) is 0 Å². The molecule has 17 heavy (non-hydrogen) atoms. The highest BCUT2D eigenvalue weighted by molar-refractivity contribution is 4.79. The minimum absolute atomic E-state index is 0.471. The van der Waals surface area contributed by atoms with Crippen LogP contribution in [0.2, 0.25) is 0 Å². The zero-order chi connectivity index (χ0) is 12.3. The van der Waals surface area contributed by atoms with Crippen LogP contribution in [0, 0.1) is 0 Å². The number of hydrogen-bond acceptors (Lipinski definition) is 2. The molecule has 1 fully saturated rings. The Balaban J connectivity index is 2.20. The molecule has 0 bridgehead atoms. The molecule has 0 amide bonds. The van der Waals surface area contributed by atoms with E-state index in [1.54, 1.807) is 0 Å². The van der Waals surface area contributed by atoms with Gasteiger partial charge in [-0.1, -0.05) is 52.4 Å². The Morgan fingerprint density at radius 1 is 1.00 bits per heavy atom. The van der Waals surface area contributed by atoms with Crippen LogP contribution in [0.1, 0.15) is 71.6 Å². The van der Waals surface area contributed by atoms with Gasteiger partial charge in [-0.15, -0.1) is 0 Å². The van der Waals surface area contributed by atoms with Crippen molar-refractivity contribution in [3.05, 3.63) is 0 Å². The van der Waals surface area contributed by atoms with E-state index in [9.17, 15) is 0 Å². The first-order valence-corrected chi connectivity index (χ1v) is 7.73. The van der Waals surface area contributed by atoms with E-state index in [4.69, 9.17) is 4.74 Å². The summed E-state index contributed by atoms with van der Waals surface area (Å²) >= 11 is 0. The second-order valence-corrected chi connectivity index (χ2v) is 5.27. The number of nitrogens with one attached hydrogen (secondary N) is 1. The van der Waals surface area contributed by atoms with Crippen molar-refractivity contribution in [1.82, 2.24) is 5.32 Å². The molecule has 0 aromatic rings. The van der Waals surface area contributed by atoms with Gasteiger partial charge in [-0.05, 0) is 25.8 Å². The predicted molar refractivity (Wildman–Crippen MR) is 74.4 cm³/mol. The van der Waals surface area contributed by atoms with Crippen LogP contribution < -0.4 is 5.32 Å². The molecule has 0 aromatic heterocycles. The van der Waals surface area contributed by atoms with Gasteiger partial charge in [0, 0.05) is 12.6 Å². The van der Waals surface area contributed by atoms with Gasteiger partial charge < -0.3 is 10.1 Å². The first-order valence-electron chi connectivity index (χ1n) is 7.73. The zero-order valence-electron chi connectivity index (χ0n) is 11.8. The summed E-state index contributed by atoms with van der Waals surface area (Å²) in [5.74, 6) is 0. The van der Waals surface area contributed by atoms with Crippen LogP contribution in [0.5, 0.6) is 0 Å². The summed E-state index contributed by atoms with van der Waals surface area (Å²) in [4.78, 5) is 0. The minimum atomic E-state index is 0.471. The van der Waals surface area contributed by atoms with E-state index in [2.05, 4.69) is 19.2 Å². The Morgan fingerprint density at radius 2 is 1.82 bits per heavy atom. The van der Waals surface area contributed by atoms with Crippen LogP contribution >= 0.6 is 0 Å². The average Bonchev–Trinajstić information content (AvgIpc) is 2.55. The molecule has 1 N–H and O–H groups in total. The normalized spacial score (nSPS) is 25.8. The third-order valence-corrected chi connectivity index (χ3v) is 3.75. The number of likely N-dealkylation sites (N-methyl/N-ethyl adjacent to an activating group) is 1. The minimum Gasteiger partial charge on any atom is -0.377 e. The molecule has 0 aliphatic heterocycles. The molecular weight excluding hydrogens is 210 g/mol. The standard InChI is InChI=1S/C15H31NO/c1-3-5-6-10-13-17-15-12-9-7-8-11-14(15)16-4-2/h14-16H,3-13H2,1-2H3. The SMILES string of the molecule is CCCCCCOC1CCCCCC1NCC. The largest absolute Gasteiger partial charge is 0.377 e. The Labute approximate surface area is 108 Å². The Morgan fingerprint density at radius 3 is 2.59 bits per heavy atom. The lowest BCUT2D eigenvalue weighted by Gasteiger charge is -2.26. The van der Waals surface area contributed by atoms with Crippen LogP contribution in [-0.4, -0.2) is 25.3 Å². The molecule has 102 valence electrons. The lowest BCUT2D eigenvalue weighted by atomic mass is 10.1. The van der Waals surface area contributed by atoms with Crippen molar-refractivity contribution in [3.8, 4) is 0 Å². The maximum absolute atomic E-state index is 6.11. The summed E-state index contributed by atoms with van der Waals surface area (Å²) in [5.41, 5.74) is 0. The fourth-order valence-electron chi connectivity index (χ4n) is 2.73. The summed E-state index contributed by atoms with van der Waals surface area (Å²) in [5, 5.41) is 3.60. The summed E-state index contributed by atoms with van der Waals surface area (Å²) in [6, 6.07) is 0.605. The molecule has 1 saturated carbocycles. The lowest BCUT2D eigenvalue weighted by molar-refractivity contribution is 0.0204. The monoisotopic (exact) mass is 241 g/mol. The van der Waals surface area contributed by atoms with Crippen LogP contribution in [0.4, 0.5) is 0 Å². The van der Waals surface area contributed by atoms with Gasteiger partial charge >= 0.3 is 0 Å². The van der Waals surface area contributed by atoms with E-state index < -0.39 is 0 Å². The molecule has 1 aliphatic carbocycles. The highest BCUT2D eigenvalue weighted by Crippen LogP contribution is 2.21. The molecule has 0 saturated heterocycles. The van der Waals surface area contributed by atoms with E-state index in [0.717, 1.165) is 13.2 Å². The Hall–Kier alpha value is -0.0800. The predicted octanol–water partition coefficient (Wildman–Crippen LogP) is 3.89. The fourth-order valence-corrected chi connectivity index (χ4v) is 2.73. The van der Waals surface area contributed by atoms with Crippen LogP contribution in [0.25, 0.3) is 0 Å². The molecule has 2 atom stereocenters. The van der Waals surface area contributed by atoms with Crippen molar-refractivity contribution in [2.75, 3.05) is 13.2 Å². The van der Waals surface area contributed by atoms with Gasteiger partial charge in [0.2, 0.25) is 0 Å². The molecule has 0 spiro atoms. The van der Waals surface area contributed by atoms with Crippen molar-refractivity contribution in [1.29, 1.82) is 0 Å². The highest BCUT2D eigenvalue weighted by Gasteiger charge is 2.23. The molecule has 0 heterocycles. The van der Waals surface area contributed by atoms with Crippen molar-refractivity contribution in [2.24, 2.45) is 0 Å². The summed E-state index contributed by atoms with van der Waals surface area (Å²) in [6.07, 6.45) is 12.4. The Bertz CT molecular complexity index is 172. The van der Waals surface area contributed by atoms with Gasteiger partial charge in [0.15, 0.2) is 0 Å². The van der Waals surface area contributed by atoms with Gasteiger partial charge in [-0.25, -0.2) is 0 Å². The molecule has 0 aromatic carbocycles. The first kappa shape index (κ1) is 15.0. The van der Waals surface area contributed by atoms with E-state index in [1.807, 2.05) is 0 Å². The number of ether oxygens (including phenoxy) is 1. The maximum Gasteiger partial charge on any atom is 0.0728 e. The van der Waals surface area contributed by atoms with E-state index in [0.29, 0.717) is 12.1 Å². The molecular formula is C15H31NO. The molecule has 1 aliphatic rings. The van der Waals surface area contributed by atoms with E-state index >= 15 is 0 Å². The number of unbranched alkanes of at least 4 members (excludes halogenated alkanes) is 3. The summed E-state index contributed by atoms with van der Waals surface area (Å²) in [7, 11) is 0. The van der Waals surface area contributed by atoms with Crippen LogP contribution in [0.3, 0.4) is 0 Å². The molecule has 0 radical (unpaired) electrons. The summed E-state index contributed by atoms with van der Waals surface area (Å²) < 4.78 is 6.11. The smallest absolute Gasteiger partial charge is 0.0728 e. The number of rotatable bonds is 8. The third-order valence-electron chi connectivity index (χ3n) is 3.75. The highest BCUT2D eigenvalue weighted by atomic mass is 16.5. The van der Waals surface area contributed by atoms with Gasteiger partial charge in [0.1, 0.15) is 0 Å². The molecule has 1 rings (SSSR count). The zero-order valence-corrected chi connectivity index (χ0v) is 11.8. The van der Waals surface area contributed by atoms with Crippen molar-refractivity contribution < 1.29 is 4.74 Å². The number of hydrogen-bond donors (Lipinski definition) is 1. The molecule has 2 nitrogen and oxygen atoms in total. The molecule has 2 unspecified atom stereocenters. The first-order chi connectivity index (χ1) is 8.38. The maximum atomic E-state index is 6.11. The molecule has 2 heteroatoms. The van der Waals surface area contributed by atoms with Gasteiger partial charge in [0.05, 0.1) is 6.10 Å². The fraction of sp³-hybridized carbons (Fsp3) is 1.00. The van der Waals surface area contributed by atoms with Gasteiger partial charge in [-0.3, -0.25) is 0 Å². The lowest BCUT2D eigenvalue weighted by Crippen LogP contribution is -2.40. The third kappa shape index (κ3) is 6.42. The van der Waals surface area contributed by atoms with Gasteiger partial charge in [0.25, 0.3) is 0 Å². The van der Waals surface area contributed by atoms with Crippen molar-refractivity contribution in [3.63, 3.8) is 0 Å². The van der Waals surface area contributed by atoms with Crippen LogP contribution in [-0.2, 0) is 4.74 Å². The van der Waals surface area contributed by atoms with E-state index in [-0.39, 0.29) is 0 Å². The quantitative estimate of drug-likeness (QED) is 0.514. The van der Waals surface area contributed by atoms with Crippen molar-refractivity contribution in [2.45, 2.75) is 83.8 Å². The van der Waals surface area contributed by atoms with Crippen molar-refractivity contribution >= 4 is 0 Å².